The second kappa shape index (κ2) is 5.57. The zero-order valence-corrected chi connectivity index (χ0v) is 16.6. The summed E-state index contributed by atoms with van der Waals surface area (Å²) in [6.07, 6.45) is 0.829. The monoisotopic (exact) mass is 380 g/mol. The highest BCUT2D eigenvalue weighted by Gasteiger charge is 2.40. The van der Waals surface area contributed by atoms with Crippen LogP contribution in [-0.2, 0) is 0 Å². The van der Waals surface area contributed by atoms with E-state index in [0.717, 1.165) is 6.42 Å². The average Bonchev–Trinajstić information content (AvgIpc) is 2.67. The molecule has 4 aromatic carbocycles. The van der Waals surface area contributed by atoms with Gasteiger partial charge in [-0.05, 0) is 48.9 Å². The molecule has 2 heterocycles. The van der Waals surface area contributed by atoms with Crippen molar-refractivity contribution in [2.75, 3.05) is 21.3 Å². The number of benzene rings is 4. The van der Waals surface area contributed by atoms with Gasteiger partial charge in [-0.1, -0.05) is 48.5 Å². The summed E-state index contributed by atoms with van der Waals surface area (Å²) in [5.74, 6) is 0. The van der Waals surface area contributed by atoms with Gasteiger partial charge in [-0.25, -0.2) is 0 Å². The second-order valence-corrected chi connectivity index (χ2v) is 8.76. The predicted molar refractivity (Wildman–Crippen MR) is 124 cm³/mol. The quantitative estimate of drug-likeness (QED) is 0.335. The maximum Gasteiger partial charge on any atom is 0.109 e. The van der Waals surface area contributed by atoms with Gasteiger partial charge in [-0.15, -0.1) is 0 Å². The predicted octanol–water partition coefficient (Wildman–Crippen LogP) is 6.19. The van der Waals surface area contributed by atoms with E-state index in [-0.39, 0.29) is 11.3 Å². The van der Waals surface area contributed by atoms with Gasteiger partial charge in [0.25, 0.3) is 0 Å². The Morgan fingerprint density at radius 1 is 0.517 bits per heavy atom. The molecule has 144 valence electrons. The van der Waals surface area contributed by atoms with E-state index in [4.69, 9.17) is 0 Å². The molecule has 4 N–H and O–H groups in total. The summed E-state index contributed by atoms with van der Waals surface area (Å²) in [4.78, 5) is 0. The van der Waals surface area contributed by atoms with Crippen molar-refractivity contribution < 1.29 is 0 Å². The summed E-state index contributed by atoms with van der Waals surface area (Å²) < 4.78 is 0. The van der Waals surface area contributed by atoms with Crippen molar-refractivity contribution in [2.24, 2.45) is 0 Å². The smallest absolute Gasteiger partial charge is 0.109 e. The molecular formula is C25H24N4. The fraction of sp³-hybridized carbons (Fsp3) is 0.200. The fourth-order valence-electron chi connectivity index (χ4n) is 5.23. The van der Waals surface area contributed by atoms with Crippen LogP contribution in [0.2, 0.25) is 0 Å². The summed E-state index contributed by atoms with van der Waals surface area (Å²) in [6, 6.07) is 25.8. The first-order valence-corrected chi connectivity index (χ1v) is 10.2. The lowest BCUT2D eigenvalue weighted by molar-refractivity contribution is 0.413. The molecule has 0 saturated heterocycles. The summed E-state index contributed by atoms with van der Waals surface area (Å²) >= 11 is 0. The fourth-order valence-corrected chi connectivity index (χ4v) is 5.23. The van der Waals surface area contributed by atoms with Crippen LogP contribution in [0.15, 0.2) is 72.8 Å². The second-order valence-electron chi connectivity index (χ2n) is 8.76. The molecule has 4 heteroatoms. The van der Waals surface area contributed by atoms with Crippen molar-refractivity contribution in [1.82, 2.24) is 0 Å². The molecule has 0 unspecified atom stereocenters. The molecule has 0 fully saturated rings. The molecule has 2 aliphatic heterocycles. The summed E-state index contributed by atoms with van der Waals surface area (Å²) in [6.45, 7) is 4.47. The molecule has 0 saturated carbocycles. The number of rotatable bonds is 2. The number of hydrogen-bond donors (Lipinski definition) is 4. The third-order valence-electron chi connectivity index (χ3n) is 6.16. The Bertz CT molecular complexity index is 1100. The highest BCUT2D eigenvalue weighted by molar-refractivity contribution is 6.06. The van der Waals surface area contributed by atoms with Crippen molar-refractivity contribution >= 4 is 44.3 Å². The van der Waals surface area contributed by atoms with Crippen LogP contribution < -0.4 is 21.3 Å². The highest BCUT2D eigenvalue weighted by atomic mass is 15.3. The van der Waals surface area contributed by atoms with E-state index in [1.54, 1.807) is 0 Å². The van der Waals surface area contributed by atoms with E-state index in [1.807, 2.05) is 0 Å². The topological polar surface area (TPSA) is 48.1 Å². The lowest BCUT2D eigenvalue weighted by Gasteiger charge is -2.47. The van der Waals surface area contributed by atoms with E-state index >= 15 is 0 Å². The molecule has 0 aliphatic carbocycles. The number of nitrogens with one attached hydrogen (secondary N) is 4. The maximum absolute atomic E-state index is 3.77. The van der Waals surface area contributed by atoms with E-state index < -0.39 is 0 Å². The first-order valence-electron chi connectivity index (χ1n) is 10.2. The van der Waals surface area contributed by atoms with Crippen LogP contribution in [0.1, 0.15) is 20.3 Å². The minimum atomic E-state index is -0.308. The average molecular weight is 380 g/mol. The van der Waals surface area contributed by atoms with Crippen LogP contribution in [0.25, 0.3) is 21.5 Å². The van der Waals surface area contributed by atoms with Crippen LogP contribution in [0, 0.1) is 0 Å². The van der Waals surface area contributed by atoms with E-state index in [1.165, 1.54) is 44.3 Å². The van der Waals surface area contributed by atoms with Gasteiger partial charge in [0.2, 0.25) is 0 Å². The molecule has 4 nitrogen and oxygen atoms in total. The molecule has 2 aliphatic rings. The molecular weight excluding hydrogens is 356 g/mol. The molecule has 0 radical (unpaired) electrons. The highest BCUT2D eigenvalue weighted by Crippen LogP contribution is 2.43. The largest absolute Gasteiger partial charge is 0.362 e. The Morgan fingerprint density at radius 2 is 0.828 bits per heavy atom. The van der Waals surface area contributed by atoms with Crippen LogP contribution in [0.5, 0.6) is 0 Å². The Hall–Kier alpha value is -3.40. The zero-order valence-electron chi connectivity index (χ0n) is 16.6. The molecule has 29 heavy (non-hydrogen) atoms. The van der Waals surface area contributed by atoms with Crippen molar-refractivity contribution in [3.63, 3.8) is 0 Å². The van der Waals surface area contributed by atoms with Crippen molar-refractivity contribution in [2.45, 2.75) is 31.6 Å². The van der Waals surface area contributed by atoms with Gasteiger partial charge in [0.15, 0.2) is 0 Å². The Balaban J connectivity index is 1.37. The van der Waals surface area contributed by atoms with Crippen LogP contribution in [0.3, 0.4) is 0 Å². The van der Waals surface area contributed by atoms with Crippen LogP contribution in [-0.4, -0.2) is 11.3 Å². The molecule has 4 aromatic rings. The normalized spacial score (nSPS) is 17.7. The summed E-state index contributed by atoms with van der Waals surface area (Å²) in [5.41, 5.74) is 4.11. The zero-order chi connectivity index (χ0) is 19.6. The summed E-state index contributed by atoms with van der Waals surface area (Å²) in [5, 5.41) is 20.1. The van der Waals surface area contributed by atoms with Gasteiger partial charge in [-0.2, -0.15) is 0 Å². The molecule has 0 amide bonds. The Labute approximate surface area is 170 Å². The SMILES string of the molecule is CC1(CC2(C)Nc3cccc4cccc(c34)N2)Nc2cccc3cccc(c23)N1. The molecule has 0 spiro atoms. The number of anilines is 4. The van der Waals surface area contributed by atoms with Gasteiger partial charge >= 0.3 is 0 Å². The first kappa shape index (κ1) is 16.5. The van der Waals surface area contributed by atoms with Crippen molar-refractivity contribution in [3.05, 3.63) is 72.8 Å². The molecule has 6 rings (SSSR count). The van der Waals surface area contributed by atoms with Crippen molar-refractivity contribution in [3.8, 4) is 0 Å². The Kier molecular flexibility index (Phi) is 3.18. The minimum Gasteiger partial charge on any atom is -0.362 e. The van der Waals surface area contributed by atoms with Crippen LogP contribution in [0.4, 0.5) is 22.7 Å². The first-order chi connectivity index (χ1) is 14.0. The van der Waals surface area contributed by atoms with Gasteiger partial charge in [-0.3, -0.25) is 0 Å². The van der Waals surface area contributed by atoms with Gasteiger partial charge < -0.3 is 21.3 Å². The molecule has 0 aromatic heterocycles. The molecule has 0 bridgehead atoms. The lowest BCUT2D eigenvalue weighted by Crippen LogP contribution is -2.56. The van der Waals surface area contributed by atoms with Crippen LogP contribution >= 0.6 is 0 Å². The molecule has 0 atom stereocenters. The minimum absolute atomic E-state index is 0.308. The van der Waals surface area contributed by atoms with Gasteiger partial charge in [0.1, 0.15) is 11.3 Å². The lowest BCUT2D eigenvalue weighted by atomic mass is 9.90. The Morgan fingerprint density at radius 3 is 1.14 bits per heavy atom. The van der Waals surface area contributed by atoms with E-state index in [9.17, 15) is 0 Å². The van der Waals surface area contributed by atoms with Gasteiger partial charge in [0.05, 0.1) is 0 Å². The third-order valence-corrected chi connectivity index (χ3v) is 6.16. The van der Waals surface area contributed by atoms with E-state index in [0.29, 0.717) is 0 Å². The number of hydrogen-bond acceptors (Lipinski definition) is 4. The van der Waals surface area contributed by atoms with Crippen molar-refractivity contribution in [1.29, 1.82) is 0 Å². The third kappa shape index (κ3) is 2.52. The maximum atomic E-state index is 3.77. The standard InChI is InChI=1S/C25H24N4/c1-24(26-18-11-3-7-16-8-4-12-19(27-24)22(16)18)15-25(2)28-20-13-5-9-17-10-6-14-21(29-25)23(17)20/h3-14,26-29H,15H2,1-2H3. The van der Waals surface area contributed by atoms with E-state index in [2.05, 4.69) is 108 Å². The summed E-state index contributed by atoms with van der Waals surface area (Å²) in [7, 11) is 0. The van der Waals surface area contributed by atoms with Gasteiger partial charge in [0, 0.05) is 39.9 Å².